The Morgan fingerprint density at radius 1 is 0.846 bits per heavy atom. The van der Waals surface area contributed by atoms with E-state index in [4.69, 9.17) is 0 Å². The van der Waals surface area contributed by atoms with E-state index in [0.29, 0.717) is 5.82 Å². The Morgan fingerprint density at radius 3 is 2.15 bits per heavy atom. The number of aryl methyl sites for hydroxylation is 2. The number of hydrogen-bond acceptors (Lipinski definition) is 5. The number of nitrogens with zero attached hydrogens (tertiary/aromatic N) is 6. The van der Waals surface area contributed by atoms with Gasteiger partial charge in [-0.3, -0.25) is 9.80 Å². The Kier molecular flexibility index (Phi) is 7.90. The predicted octanol–water partition coefficient (Wildman–Crippen LogP) is 5.72. The Bertz CT molecular complexity index is 1380. The Labute approximate surface area is 226 Å². The largest absolute Gasteiger partial charge is 0.416 e. The minimum Gasteiger partial charge on any atom is -0.297 e. The molecule has 0 N–H and O–H groups in total. The predicted molar refractivity (Wildman–Crippen MR) is 145 cm³/mol. The van der Waals surface area contributed by atoms with Gasteiger partial charge in [0.1, 0.15) is 0 Å². The summed E-state index contributed by atoms with van der Waals surface area (Å²) in [6.45, 7) is 7.93. The van der Waals surface area contributed by atoms with Crippen LogP contribution in [0.3, 0.4) is 0 Å². The number of aromatic nitrogens is 4. The van der Waals surface area contributed by atoms with E-state index >= 15 is 0 Å². The number of alkyl halides is 3. The van der Waals surface area contributed by atoms with E-state index in [1.807, 2.05) is 50.2 Å². The van der Waals surface area contributed by atoms with Crippen LogP contribution in [0.1, 0.15) is 39.7 Å². The van der Waals surface area contributed by atoms with Gasteiger partial charge in [-0.05, 0) is 58.7 Å². The minimum absolute atomic E-state index is 0.400. The van der Waals surface area contributed by atoms with Gasteiger partial charge in [-0.25, -0.2) is 0 Å². The van der Waals surface area contributed by atoms with Gasteiger partial charge in [0.2, 0.25) is 0 Å². The summed E-state index contributed by atoms with van der Waals surface area (Å²) in [4.78, 5) is 4.63. The lowest BCUT2D eigenvalue weighted by Crippen LogP contribution is -2.48. The highest BCUT2D eigenvalue weighted by Gasteiger charge is 2.34. The van der Waals surface area contributed by atoms with Crippen LogP contribution in [0.2, 0.25) is 0 Å². The number of rotatable bonds is 7. The van der Waals surface area contributed by atoms with Crippen LogP contribution in [0.25, 0.3) is 11.8 Å². The summed E-state index contributed by atoms with van der Waals surface area (Å²) in [5.74, 6) is 0.588. The lowest BCUT2D eigenvalue weighted by atomic mass is 10.0. The minimum atomic E-state index is -4.40. The van der Waals surface area contributed by atoms with Crippen LogP contribution >= 0.6 is 0 Å². The molecule has 0 radical (unpaired) electrons. The van der Waals surface area contributed by atoms with Gasteiger partial charge in [-0.15, -0.1) is 5.10 Å². The molecule has 3 aromatic carbocycles. The fourth-order valence-electron chi connectivity index (χ4n) is 5.15. The summed E-state index contributed by atoms with van der Waals surface area (Å²) >= 11 is 0. The number of piperazine rings is 1. The molecule has 5 rings (SSSR count). The van der Waals surface area contributed by atoms with Crippen LogP contribution in [0.5, 0.6) is 0 Å². The molecule has 1 fully saturated rings. The molecule has 2 heterocycles. The van der Waals surface area contributed by atoms with Gasteiger partial charge in [0.15, 0.2) is 5.82 Å². The molecule has 0 aliphatic carbocycles. The first-order valence-corrected chi connectivity index (χ1v) is 13.0. The van der Waals surface area contributed by atoms with Gasteiger partial charge < -0.3 is 0 Å². The van der Waals surface area contributed by atoms with E-state index in [2.05, 4.69) is 49.6 Å². The van der Waals surface area contributed by atoms with Crippen molar-refractivity contribution >= 4 is 6.08 Å². The fraction of sp³-hybridized carbons (Fsp3) is 0.300. The van der Waals surface area contributed by atoms with E-state index in [0.717, 1.165) is 72.8 Å². The van der Waals surface area contributed by atoms with Crippen molar-refractivity contribution in [2.75, 3.05) is 32.7 Å². The first-order chi connectivity index (χ1) is 18.8. The van der Waals surface area contributed by atoms with Gasteiger partial charge in [0.05, 0.1) is 17.3 Å². The molecular weight excluding hydrogens is 501 g/mol. The number of tetrazole rings is 1. The first-order valence-electron chi connectivity index (χ1n) is 13.0. The third-order valence-corrected chi connectivity index (χ3v) is 7.19. The molecule has 1 aliphatic rings. The zero-order valence-corrected chi connectivity index (χ0v) is 22.0. The van der Waals surface area contributed by atoms with Crippen LogP contribution in [0.15, 0.2) is 78.9 Å². The summed E-state index contributed by atoms with van der Waals surface area (Å²) < 4.78 is 41.7. The summed E-state index contributed by atoms with van der Waals surface area (Å²) in [5.41, 5.74) is 4.14. The second-order valence-corrected chi connectivity index (χ2v) is 9.86. The van der Waals surface area contributed by atoms with E-state index in [-0.39, 0.29) is 0 Å². The smallest absolute Gasteiger partial charge is 0.297 e. The van der Waals surface area contributed by atoms with Crippen LogP contribution in [-0.2, 0) is 6.18 Å². The van der Waals surface area contributed by atoms with Crippen molar-refractivity contribution in [3.63, 3.8) is 0 Å². The van der Waals surface area contributed by atoms with Gasteiger partial charge in [-0.1, -0.05) is 72.8 Å². The quantitative estimate of drug-likeness (QED) is 0.305. The molecule has 4 aromatic rings. The summed E-state index contributed by atoms with van der Waals surface area (Å²) in [7, 11) is 0. The van der Waals surface area contributed by atoms with Crippen molar-refractivity contribution in [2.45, 2.75) is 26.1 Å². The van der Waals surface area contributed by atoms with Crippen molar-refractivity contribution in [1.82, 2.24) is 30.0 Å². The molecule has 1 atom stereocenters. The van der Waals surface area contributed by atoms with Crippen LogP contribution in [0.4, 0.5) is 13.2 Å². The van der Waals surface area contributed by atoms with Crippen LogP contribution < -0.4 is 0 Å². The third kappa shape index (κ3) is 6.10. The van der Waals surface area contributed by atoms with E-state index in [9.17, 15) is 13.2 Å². The van der Waals surface area contributed by atoms with Gasteiger partial charge in [0.25, 0.3) is 0 Å². The second-order valence-electron chi connectivity index (χ2n) is 9.86. The van der Waals surface area contributed by atoms with Crippen molar-refractivity contribution in [2.24, 2.45) is 0 Å². The molecular formula is C30H31F3N6. The Morgan fingerprint density at radius 2 is 1.51 bits per heavy atom. The molecule has 9 heteroatoms. The molecule has 0 spiro atoms. The van der Waals surface area contributed by atoms with Gasteiger partial charge in [0, 0.05) is 32.7 Å². The lowest BCUT2D eigenvalue weighted by Gasteiger charge is -2.38. The van der Waals surface area contributed by atoms with Crippen molar-refractivity contribution < 1.29 is 13.2 Å². The lowest BCUT2D eigenvalue weighted by molar-refractivity contribution is -0.137. The van der Waals surface area contributed by atoms with E-state index in [1.54, 1.807) is 16.8 Å². The Hall–Kier alpha value is -3.82. The number of para-hydroxylation sites is 1. The van der Waals surface area contributed by atoms with Gasteiger partial charge >= 0.3 is 6.18 Å². The summed E-state index contributed by atoms with van der Waals surface area (Å²) in [6.07, 6.45) is -0.108. The van der Waals surface area contributed by atoms with Crippen LogP contribution in [-0.4, -0.2) is 62.7 Å². The molecule has 202 valence electrons. The first kappa shape index (κ1) is 26.8. The number of benzene rings is 3. The average molecular weight is 533 g/mol. The van der Waals surface area contributed by atoms with Gasteiger partial charge in [-0.2, -0.15) is 17.9 Å². The fourth-order valence-corrected chi connectivity index (χ4v) is 5.15. The second kappa shape index (κ2) is 11.5. The van der Waals surface area contributed by atoms with Crippen molar-refractivity contribution in [3.05, 3.63) is 113 Å². The van der Waals surface area contributed by atoms with E-state index in [1.165, 1.54) is 0 Å². The molecule has 39 heavy (non-hydrogen) atoms. The standard InChI is InChI=1S/C30H31F3N6/c1-22-8-6-9-23(2)27(22)39-29(34-35-36-39)28(25-13-15-26(16-14-25)30(31,32)33)38-20-18-37(19-21-38)17-7-12-24-10-4-3-5-11-24/h3-16,28H,17-21H2,1-2H3/b12-7+/t28-/m0/s1. The maximum Gasteiger partial charge on any atom is 0.416 e. The molecule has 1 saturated heterocycles. The third-order valence-electron chi connectivity index (χ3n) is 7.19. The molecule has 0 amide bonds. The van der Waals surface area contributed by atoms with Crippen molar-refractivity contribution in [3.8, 4) is 5.69 Å². The molecule has 6 nitrogen and oxygen atoms in total. The zero-order valence-electron chi connectivity index (χ0n) is 22.0. The highest BCUT2D eigenvalue weighted by Crippen LogP contribution is 2.34. The number of hydrogen-bond donors (Lipinski definition) is 0. The normalized spacial score (nSPS) is 16.1. The number of halogens is 3. The Balaban J connectivity index is 1.42. The molecule has 0 unspecified atom stereocenters. The molecule has 1 aromatic heterocycles. The maximum atomic E-state index is 13.3. The van der Waals surface area contributed by atoms with Crippen LogP contribution in [0, 0.1) is 13.8 Å². The summed E-state index contributed by atoms with van der Waals surface area (Å²) in [6, 6.07) is 21.1. The van der Waals surface area contributed by atoms with Crippen molar-refractivity contribution in [1.29, 1.82) is 0 Å². The average Bonchev–Trinajstić information content (AvgIpc) is 3.39. The topological polar surface area (TPSA) is 50.1 Å². The zero-order chi connectivity index (χ0) is 27.4. The summed E-state index contributed by atoms with van der Waals surface area (Å²) in [5, 5.41) is 12.7. The molecule has 0 saturated carbocycles. The SMILES string of the molecule is Cc1cccc(C)c1-n1nnnc1[C@H](c1ccc(C(F)(F)F)cc1)N1CCN(C/C=C/c2ccccc2)CC1. The monoisotopic (exact) mass is 532 g/mol. The van der Waals surface area contributed by atoms with E-state index < -0.39 is 17.8 Å². The molecule has 1 aliphatic heterocycles. The highest BCUT2D eigenvalue weighted by molar-refractivity contribution is 5.49. The highest BCUT2D eigenvalue weighted by atomic mass is 19.4. The molecule has 0 bridgehead atoms. The maximum absolute atomic E-state index is 13.3.